The van der Waals surface area contributed by atoms with Gasteiger partial charge in [-0.1, -0.05) is 6.92 Å². The Morgan fingerprint density at radius 2 is 2.20 bits per heavy atom. The SMILES string of the molecule is CCn1ccnc1NCCS(=O)(=O)CC. The van der Waals surface area contributed by atoms with Gasteiger partial charge in [0.1, 0.15) is 0 Å². The van der Waals surface area contributed by atoms with Crippen LogP contribution in [0.1, 0.15) is 13.8 Å². The lowest BCUT2D eigenvalue weighted by Crippen LogP contribution is -2.18. The van der Waals surface area contributed by atoms with Gasteiger partial charge < -0.3 is 9.88 Å². The molecule has 0 amide bonds. The Bertz CT molecular complexity index is 397. The van der Waals surface area contributed by atoms with Crippen molar-refractivity contribution in [2.24, 2.45) is 0 Å². The van der Waals surface area contributed by atoms with E-state index in [1.807, 2.05) is 17.7 Å². The highest BCUT2D eigenvalue weighted by atomic mass is 32.2. The number of aromatic nitrogens is 2. The Labute approximate surface area is 90.4 Å². The molecule has 0 saturated carbocycles. The molecular formula is C9H17N3O2S. The first-order valence-corrected chi connectivity index (χ1v) is 6.86. The summed E-state index contributed by atoms with van der Waals surface area (Å²) < 4.78 is 24.4. The van der Waals surface area contributed by atoms with Crippen molar-refractivity contribution < 1.29 is 8.42 Å². The molecular weight excluding hydrogens is 214 g/mol. The zero-order chi connectivity index (χ0) is 11.3. The van der Waals surface area contributed by atoms with Crippen molar-refractivity contribution in [3.8, 4) is 0 Å². The average molecular weight is 231 g/mol. The van der Waals surface area contributed by atoms with Gasteiger partial charge in [-0.15, -0.1) is 0 Å². The highest BCUT2D eigenvalue weighted by molar-refractivity contribution is 7.91. The van der Waals surface area contributed by atoms with E-state index in [9.17, 15) is 8.42 Å². The molecule has 0 saturated heterocycles. The van der Waals surface area contributed by atoms with E-state index in [2.05, 4.69) is 10.3 Å². The number of rotatable bonds is 6. The fraction of sp³-hybridized carbons (Fsp3) is 0.667. The van der Waals surface area contributed by atoms with E-state index >= 15 is 0 Å². The molecule has 1 aromatic rings. The average Bonchev–Trinajstić information content (AvgIpc) is 2.65. The number of hydrogen-bond acceptors (Lipinski definition) is 4. The summed E-state index contributed by atoms with van der Waals surface area (Å²) in [5.74, 6) is 1.07. The van der Waals surface area contributed by atoms with Crippen LogP contribution in [0.5, 0.6) is 0 Å². The van der Waals surface area contributed by atoms with Gasteiger partial charge in [0.25, 0.3) is 0 Å². The number of imidazole rings is 1. The Balaban J connectivity index is 2.45. The monoisotopic (exact) mass is 231 g/mol. The molecule has 0 aliphatic rings. The number of nitrogens with one attached hydrogen (secondary N) is 1. The van der Waals surface area contributed by atoms with Gasteiger partial charge in [0.05, 0.1) is 5.75 Å². The molecule has 6 heteroatoms. The van der Waals surface area contributed by atoms with Crippen LogP contribution in [0, 0.1) is 0 Å². The van der Waals surface area contributed by atoms with E-state index in [1.54, 1.807) is 13.1 Å². The van der Waals surface area contributed by atoms with Gasteiger partial charge in [-0.3, -0.25) is 0 Å². The maximum Gasteiger partial charge on any atom is 0.202 e. The first-order valence-electron chi connectivity index (χ1n) is 5.04. The van der Waals surface area contributed by atoms with Crippen molar-refractivity contribution in [1.29, 1.82) is 0 Å². The first kappa shape index (κ1) is 12.0. The zero-order valence-corrected chi connectivity index (χ0v) is 9.92. The van der Waals surface area contributed by atoms with Gasteiger partial charge in [0, 0.05) is 31.2 Å². The van der Waals surface area contributed by atoms with Crippen LogP contribution in [0.2, 0.25) is 0 Å². The minimum atomic E-state index is -2.89. The van der Waals surface area contributed by atoms with E-state index in [4.69, 9.17) is 0 Å². The van der Waals surface area contributed by atoms with Gasteiger partial charge in [0.2, 0.25) is 5.95 Å². The van der Waals surface area contributed by atoms with E-state index < -0.39 is 9.84 Å². The second-order valence-electron chi connectivity index (χ2n) is 3.20. The van der Waals surface area contributed by atoms with E-state index in [0.29, 0.717) is 6.54 Å². The number of hydrogen-bond donors (Lipinski definition) is 1. The lowest BCUT2D eigenvalue weighted by molar-refractivity contribution is 0.597. The number of aryl methyl sites for hydroxylation is 1. The Morgan fingerprint density at radius 1 is 1.47 bits per heavy atom. The quantitative estimate of drug-likeness (QED) is 0.784. The summed E-state index contributed by atoms with van der Waals surface area (Å²) in [5.41, 5.74) is 0. The largest absolute Gasteiger partial charge is 0.355 e. The van der Waals surface area contributed by atoms with E-state index in [1.165, 1.54) is 0 Å². The topological polar surface area (TPSA) is 64.0 Å². The number of anilines is 1. The summed E-state index contributed by atoms with van der Waals surface area (Å²) in [6.07, 6.45) is 3.55. The second kappa shape index (κ2) is 5.16. The molecule has 0 bridgehead atoms. The first-order chi connectivity index (χ1) is 7.09. The second-order valence-corrected chi connectivity index (χ2v) is 5.67. The van der Waals surface area contributed by atoms with Crippen molar-refractivity contribution >= 4 is 15.8 Å². The number of sulfone groups is 1. The molecule has 1 rings (SSSR count). The highest BCUT2D eigenvalue weighted by Crippen LogP contribution is 2.03. The summed E-state index contributed by atoms with van der Waals surface area (Å²) in [4.78, 5) is 4.09. The van der Waals surface area contributed by atoms with Crippen LogP contribution < -0.4 is 5.32 Å². The molecule has 0 radical (unpaired) electrons. The Kier molecular flexibility index (Phi) is 4.14. The van der Waals surface area contributed by atoms with Gasteiger partial charge in [0.15, 0.2) is 9.84 Å². The third kappa shape index (κ3) is 3.54. The molecule has 15 heavy (non-hydrogen) atoms. The molecule has 86 valence electrons. The van der Waals surface area contributed by atoms with Crippen LogP contribution in [0.4, 0.5) is 5.95 Å². The zero-order valence-electron chi connectivity index (χ0n) is 9.10. The normalized spacial score (nSPS) is 11.6. The standard InChI is InChI=1S/C9H17N3O2S/c1-3-12-7-5-10-9(12)11-6-8-15(13,14)4-2/h5,7H,3-4,6,8H2,1-2H3,(H,10,11). The van der Waals surface area contributed by atoms with Crippen molar-refractivity contribution in [3.05, 3.63) is 12.4 Å². The van der Waals surface area contributed by atoms with Gasteiger partial charge >= 0.3 is 0 Å². The molecule has 1 N–H and O–H groups in total. The molecule has 0 aliphatic heterocycles. The summed E-state index contributed by atoms with van der Waals surface area (Å²) in [5, 5.41) is 3.01. The Morgan fingerprint density at radius 3 is 2.80 bits per heavy atom. The molecule has 0 spiro atoms. The summed E-state index contributed by atoms with van der Waals surface area (Å²) in [6, 6.07) is 0. The maximum atomic E-state index is 11.2. The van der Waals surface area contributed by atoms with Gasteiger partial charge in [-0.25, -0.2) is 13.4 Å². The lowest BCUT2D eigenvalue weighted by atomic mass is 10.7. The molecule has 0 unspecified atom stereocenters. The molecule has 1 heterocycles. The van der Waals surface area contributed by atoms with Crippen molar-refractivity contribution in [3.63, 3.8) is 0 Å². The third-order valence-corrected chi connectivity index (χ3v) is 3.90. The molecule has 1 aromatic heterocycles. The molecule has 0 fully saturated rings. The van der Waals surface area contributed by atoms with Crippen LogP contribution in [0.25, 0.3) is 0 Å². The van der Waals surface area contributed by atoms with Crippen LogP contribution in [-0.2, 0) is 16.4 Å². The van der Waals surface area contributed by atoms with Crippen LogP contribution in [-0.4, -0.2) is 36.0 Å². The molecule has 0 atom stereocenters. The number of nitrogens with zero attached hydrogens (tertiary/aromatic N) is 2. The van der Waals surface area contributed by atoms with E-state index in [0.717, 1.165) is 12.5 Å². The van der Waals surface area contributed by atoms with Crippen LogP contribution in [0.15, 0.2) is 12.4 Å². The van der Waals surface area contributed by atoms with Gasteiger partial charge in [-0.2, -0.15) is 0 Å². The summed E-state index contributed by atoms with van der Waals surface area (Å²) >= 11 is 0. The smallest absolute Gasteiger partial charge is 0.202 e. The highest BCUT2D eigenvalue weighted by Gasteiger charge is 2.07. The minimum absolute atomic E-state index is 0.153. The predicted molar refractivity (Wildman–Crippen MR) is 60.7 cm³/mol. The van der Waals surface area contributed by atoms with Crippen LogP contribution in [0.3, 0.4) is 0 Å². The third-order valence-electron chi connectivity index (χ3n) is 2.19. The molecule has 0 aromatic carbocycles. The lowest BCUT2D eigenvalue weighted by Gasteiger charge is -2.07. The van der Waals surface area contributed by atoms with Crippen molar-refractivity contribution in [1.82, 2.24) is 9.55 Å². The molecule has 5 nitrogen and oxygen atoms in total. The fourth-order valence-electron chi connectivity index (χ4n) is 1.19. The fourth-order valence-corrected chi connectivity index (χ4v) is 1.90. The maximum absolute atomic E-state index is 11.2. The predicted octanol–water partition coefficient (Wildman–Crippen LogP) is 0.750. The van der Waals surface area contributed by atoms with Crippen LogP contribution >= 0.6 is 0 Å². The van der Waals surface area contributed by atoms with E-state index in [-0.39, 0.29) is 11.5 Å². The van der Waals surface area contributed by atoms with Gasteiger partial charge in [-0.05, 0) is 6.92 Å². The summed E-state index contributed by atoms with van der Waals surface area (Å²) in [7, 11) is -2.89. The van der Waals surface area contributed by atoms with Crippen molar-refractivity contribution in [2.45, 2.75) is 20.4 Å². The molecule has 0 aliphatic carbocycles. The minimum Gasteiger partial charge on any atom is -0.355 e. The van der Waals surface area contributed by atoms with Crippen molar-refractivity contribution in [2.75, 3.05) is 23.4 Å². The Hall–Kier alpha value is -1.04. The summed E-state index contributed by atoms with van der Waals surface area (Å²) in [6.45, 7) is 4.90.